The average Bonchev–Trinajstić information content (AvgIpc) is 2.91. The normalized spacial score (nSPS) is 33.7. The summed E-state index contributed by atoms with van der Waals surface area (Å²) in [5.41, 5.74) is 0. The van der Waals surface area contributed by atoms with Crippen LogP contribution in [0.3, 0.4) is 0 Å². The molecule has 4 aliphatic heterocycles. The van der Waals surface area contributed by atoms with Gasteiger partial charge < -0.3 is 19.3 Å². The highest BCUT2D eigenvalue weighted by Gasteiger charge is 2.44. The summed E-state index contributed by atoms with van der Waals surface area (Å²) in [6.45, 7) is 4.28. The molecule has 0 aliphatic carbocycles. The van der Waals surface area contributed by atoms with Crippen LogP contribution in [-0.2, 0) is 14.3 Å². The van der Waals surface area contributed by atoms with Crippen molar-refractivity contribution in [2.45, 2.75) is 75.5 Å². The number of morpholine rings is 1. The van der Waals surface area contributed by atoms with Gasteiger partial charge in [-0.3, -0.25) is 9.69 Å². The lowest BCUT2D eigenvalue weighted by Crippen LogP contribution is -2.63. The van der Waals surface area contributed by atoms with Crippen molar-refractivity contribution in [2.24, 2.45) is 0 Å². The van der Waals surface area contributed by atoms with E-state index >= 15 is 0 Å². The molecule has 0 N–H and O–H groups in total. The topological polar surface area (TPSA) is 62.3 Å². The fourth-order valence-corrected chi connectivity index (χ4v) is 5.54. The molecule has 2 atom stereocenters. The third-order valence-electron chi connectivity index (χ3n) is 6.95. The molecule has 2 amide bonds. The van der Waals surface area contributed by atoms with Crippen LogP contribution in [0.1, 0.15) is 51.4 Å². The van der Waals surface area contributed by atoms with Gasteiger partial charge in [-0.05, 0) is 38.5 Å². The molecule has 0 aromatic carbocycles. The van der Waals surface area contributed by atoms with Gasteiger partial charge in [0, 0.05) is 38.1 Å². The van der Waals surface area contributed by atoms with Gasteiger partial charge in [0.25, 0.3) is 0 Å². The van der Waals surface area contributed by atoms with Crippen molar-refractivity contribution >= 4 is 12.0 Å². The Morgan fingerprint density at radius 3 is 2.33 bits per heavy atom. The van der Waals surface area contributed by atoms with Crippen LogP contribution in [-0.4, -0.2) is 90.8 Å². The molecule has 27 heavy (non-hydrogen) atoms. The molecule has 4 heterocycles. The van der Waals surface area contributed by atoms with Crippen LogP contribution in [0, 0.1) is 0 Å². The van der Waals surface area contributed by atoms with E-state index in [-0.39, 0.29) is 18.2 Å². The summed E-state index contributed by atoms with van der Waals surface area (Å²) in [6, 6.07) is 1.18. The van der Waals surface area contributed by atoms with E-state index in [1.165, 1.54) is 13.5 Å². The maximum Gasteiger partial charge on any atom is 0.410 e. The zero-order valence-electron chi connectivity index (χ0n) is 16.5. The third-order valence-corrected chi connectivity index (χ3v) is 6.95. The van der Waals surface area contributed by atoms with E-state index in [2.05, 4.69) is 9.80 Å². The lowest BCUT2D eigenvalue weighted by Gasteiger charge is -2.51. The maximum atomic E-state index is 12.4. The van der Waals surface area contributed by atoms with Crippen molar-refractivity contribution in [3.8, 4) is 0 Å². The van der Waals surface area contributed by atoms with E-state index in [4.69, 9.17) is 9.47 Å². The Morgan fingerprint density at radius 2 is 1.67 bits per heavy atom. The molecule has 7 nitrogen and oxygen atoms in total. The Bertz CT molecular complexity index is 535. The van der Waals surface area contributed by atoms with E-state index in [1.54, 1.807) is 0 Å². The van der Waals surface area contributed by atoms with Crippen LogP contribution in [0.15, 0.2) is 0 Å². The van der Waals surface area contributed by atoms with Crippen LogP contribution in [0.2, 0.25) is 0 Å². The number of ether oxygens (including phenoxy) is 2. The molecule has 4 fully saturated rings. The van der Waals surface area contributed by atoms with Crippen molar-refractivity contribution in [1.29, 1.82) is 0 Å². The van der Waals surface area contributed by atoms with Gasteiger partial charge in [-0.2, -0.15) is 0 Å². The summed E-state index contributed by atoms with van der Waals surface area (Å²) in [5, 5.41) is 0. The van der Waals surface area contributed by atoms with Gasteiger partial charge in [0.05, 0.1) is 32.4 Å². The van der Waals surface area contributed by atoms with Crippen molar-refractivity contribution < 1.29 is 19.1 Å². The van der Waals surface area contributed by atoms with E-state index in [0.717, 1.165) is 64.6 Å². The van der Waals surface area contributed by atoms with Crippen LogP contribution >= 0.6 is 0 Å². The number of carbonyl (C=O) groups excluding carboxylic acids is 2. The van der Waals surface area contributed by atoms with E-state index in [9.17, 15) is 9.59 Å². The van der Waals surface area contributed by atoms with Crippen molar-refractivity contribution in [3.05, 3.63) is 0 Å². The molecular weight excluding hydrogens is 346 g/mol. The zero-order chi connectivity index (χ0) is 18.8. The Labute approximate surface area is 161 Å². The highest BCUT2D eigenvalue weighted by atomic mass is 16.5. The highest BCUT2D eigenvalue weighted by Crippen LogP contribution is 2.33. The number of amides is 2. The summed E-state index contributed by atoms with van der Waals surface area (Å²) in [5.74, 6) is 0.365. The quantitative estimate of drug-likeness (QED) is 0.733. The minimum absolute atomic E-state index is 0.125. The Hall–Kier alpha value is -1.34. The summed E-state index contributed by atoms with van der Waals surface area (Å²) < 4.78 is 10.7. The first kappa shape index (κ1) is 19.0. The number of likely N-dealkylation sites (tertiary alicyclic amines) is 2. The van der Waals surface area contributed by atoms with Gasteiger partial charge in [-0.1, -0.05) is 6.42 Å². The number of carbonyl (C=O) groups is 2. The first-order chi connectivity index (χ1) is 13.2. The monoisotopic (exact) mass is 379 g/mol. The second-order valence-corrected chi connectivity index (χ2v) is 8.51. The molecule has 0 spiro atoms. The molecule has 0 aromatic heterocycles. The molecule has 4 saturated heterocycles. The van der Waals surface area contributed by atoms with Crippen LogP contribution < -0.4 is 0 Å². The molecule has 0 aromatic rings. The lowest BCUT2D eigenvalue weighted by atomic mass is 9.88. The number of methoxy groups -OCH3 is 1. The predicted molar refractivity (Wildman–Crippen MR) is 100 cm³/mol. The molecular formula is C20H33N3O4. The molecule has 4 rings (SSSR count). The standard InChI is InChI=1S/C20H33N3O4/c1-26-20(25)23-17-11-16(12-18(23)14-27-13-17)21-9-6-15(7-10-21)22-8-4-2-3-5-19(22)24/h15-18H,2-14H2,1H3. The van der Waals surface area contributed by atoms with E-state index < -0.39 is 0 Å². The number of fused-ring (bicyclic) bond motifs is 2. The zero-order valence-corrected chi connectivity index (χ0v) is 16.5. The van der Waals surface area contributed by atoms with Crippen LogP contribution in [0.25, 0.3) is 0 Å². The van der Waals surface area contributed by atoms with Crippen LogP contribution in [0.4, 0.5) is 4.79 Å². The van der Waals surface area contributed by atoms with Gasteiger partial charge in [0.2, 0.25) is 5.91 Å². The van der Waals surface area contributed by atoms with Gasteiger partial charge in [0.15, 0.2) is 0 Å². The number of piperidine rings is 2. The molecule has 152 valence electrons. The predicted octanol–water partition coefficient (Wildman–Crippen LogP) is 1.85. The number of hydrogen-bond acceptors (Lipinski definition) is 5. The fraction of sp³-hybridized carbons (Fsp3) is 0.900. The maximum absolute atomic E-state index is 12.4. The SMILES string of the molecule is COC(=O)N1C2COCC1CC(N1CCC(N3CCCCCC3=O)CC1)C2. The first-order valence-corrected chi connectivity index (χ1v) is 10.6. The smallest absolute Gasteiger partial charge is 0.410 e. The second kappa shape index (κ2) is 8.35. The number of nitrogens with zero attached hydrogens (tertiary/aromatic N) is 3. The van der Waals surface area contributed by atoms with E-state index in [0.29, 0.717) is 31.2 Å². The highest BCUT2D eigenvalue weighted by molar-refractivity contribution is 5.76. The fourth-order valence-electron chi connectivity index (χ4n) is 5.54. The number of rotatable bonds is 2. The summed E-state index contributed by atoms with van der Waals surface area (Å²) in [4.78, 5) is 31.2. The second-order valence-electron chi connectivity index (χ2n) is 8.51. The molecule has 0 radical (unpaired) electrons. The van der Waals surface area contributed by atoms with Crippen molar-refractivity contribution in [3.63, 3.8) is 0 Å². The average molecular weight is 380 g/mol. The molecule has 2 unspecified atom stereocenters. The summed E-state index contributed by atoms with van der Waals surface area (Å²) in [6.07, 6.45) is 7.98. The minimum Gasteiger partial charge on any atom is -0.453 e. The van der Waals surface area contributed by atoms with Gasteiger partial charge in [0.1, 0.15) is 0 Å². The van der Waals surface area contributed by atoms with Crippen LogP contribution in [0.5, 0.6) is 0 Å². The number of hydrogen-bond donors (Lipinski definition) is 0. The van der Waals surface area contributed by atoms with Crippen molar-refractivity contribution in [2.75, 3.05) is 40.0 Å². The van der Waals surface area contributed by atoms with Gasteiger partial charge >= 0.3 is 6.09 Å². The largest absolute Gasteiger partial charge is 0.453 e. The van der Waals surface area contributed by atoms with Gasteiger partial charge in [-0.25, -0.2) is 4.79 Å². The third kappa shape index (κ3) is 3.94. The summed E-state index contributed by atoms with van der Waals surface area (Å²) in [7, 11) is 1.46. The Morgan fingerprint density at radius 1 is 0.963 bits per heavy atom. The molecule has 2 bridgehead atoms. The molecule has 0 saturated carbocycles. The first-order valence-electron chi connectivity index (χ1n) is 10.6. The molecule has 7 heteroatoms. The lowest BCUT2D eigenvalue weighted by molar-refractivity contribution is -0.134. The minimum atomic E-state index is -0.217. The Balaban J connectivity index is 1.34. The molecule has 4 aliphatic rings. The Kier molecular flexibility index (Phi) is 5.88. The summed E-state index contributed by atoms with van der Waals surface area (Å²) >= 11 is 0. The van der Waals surface area contributed by atoms with Crippen molar-refractivity contribution in [1.82, 2.24) is 14.7 Å². The van der Waals surface area contributed by atoms with Gasteiger partial charge in [-0.15, -0.1) is 0 Å². The van der Waals surface area contributed by atoms with E-state index in [1.807, 2.05) is 4.90 Å².